The number of aromatic nitrogens is 3. The average molecular weight is 288 g/mol. The molecule has 0 fully saturated rings. The fraction of sp³-hybridized carbons (Fsp3) is 0.500. The summed E-state index contributed by atoms with van der Waals surface area (Å²) in [6.07, 6.45) is 4.56. The van der Waals surface area contributed by atoms with E-state index in [4.69, 9.17) is 4.74 Å². The first-order valence-corrected chi connectivity index (χ1v) is 7.55. The molecule has 5 nitrogen and oxygen atoms in total. The van der Waals surface area contributed by atoms with Gasteiger partial charge in [0.25, 0.3) is 0 Å². The van der Waals surface area contributed by atoms with Crippen LogP contribution in [0.15, 0.2) is 24.5 Å². The van der Waals surface area contributed by atoms with Gasteiger partial charge in [0.2, 0.25) is 0 Å². The minimum atomic E-state index is 0.0608. The van der Waals surface area contributed by atoms with Crippen molar-refractivity contribution in [2.24, 2.45) is 0 Å². The molecule has 1 unspecified atom stereocenters. The van der Waals surface area contributed by atoms with Crippen LogP contribution in [0.1, 0.15) is 43.8 Å². The first-order valence-electron chi connectivity index (χ1n) is 7.55. The molecule has 0 saturated heterocycles. The van der Waals surface area contributed by atoms with Gasteiger partial charge in [-0.25, -0.2) is 0 Å². The van der Waals surface area contributed by atoms with Gasteiger partial charge in [-0.3, -0.25) is 9.67 Å². The van der Waals surface area contributed by atoms with Crippen LogP contribution in [-0.4, -0.2) is 28.4 Å². The van der Waals surface area contributed by atoms with E-state index in [-0.39, 0.29) is 6.04 Å². The zero-order valence-electron chi connectivity index (χ0n) is 13.3. The molecule has 5 heteroatoms. The molecule has 1 N–H and O–H groups in total. The van der Waals surface area contributed by atoms with E-state index in [1.165, 1.54) is 0 Å². The topological polar surface area (TPSA) is 52.0 Å². The van der Waals surface area contributed by atoms with Crippen molar-refractivity contribution in [2.45, 2.75) is 39.8 Å². The Hall–Kier alpha value is -1.88. The van der Waals surface area contributed by atoms with Gasteiger partial charge in [0.15, 0.2) is 0 Å². The lowest BCUT2D eigenvalue weighted by atomic mass is 10.1. The molecule has 0 aliphatic carbocycles. The number of aryl methyl sites for hydroxylation is 2. The first kappa shape index (κ1) is 15.5. The smallest absolute Gasteiger partial charge is 0.137 e. The van der Waals surface area contributed by atoms with Crippen LogP contribution in [0.5, 0.6) is 5.75 Å². The van der Waals surface area contributed by atoms with Gasteiger partial charge in [0, 0.05) is 12.7 Å². The maximum Gasteiger partial charge on any atom is 0.137 e. The standard InChI is InChI=1S/C16H24N4O/c1-5-13-9-15(20(6-2)19-13)16(17-4)12-8-14(21-7-3)11-18-10-12/h8-11,16-17H,5-7H2,1-4H3. The third kappa shape index (κ3) is 3.42. The van der Waals surface area contributed by atoms with Gasteiger partial charge in [-0.15, -0.1) is 0 Å². The summed E-state index contributed by atoms with van der Waals surface area (Å²) >= 11 is 0. The van der Waals surface area contributed by atoms with Gasteiger partial charge >= 0.3 is 0 Å². The Kier molecular flexibility index (Phi) is 5.33. The van der Waals surface area contributed by atoms with E-state index in [1.807, 2.05) is 30.9 Å². The second-order valence-corrected chi connectivity index (χ2v) is 4.84. The summed E-state index contributed by atoms with van der Waals surface area (Å²) in [5.74, 6) is 0.800. The molecule has 2 aromatic heterocycles. The Balaban J connectivity index is 2.39. The van der Waals surface area contributed by atoms with Crippen LogP contribution >= 0.6 is 0 Å². The maximum absolute atomic E-state index is 5.55. The Morgan fingerprint density at radius 1 is 1.24 bits per heavy atom. The van der Waals surface area contributed by atoms with Crippen molar-refractivity contribution >= 4 is 0 Å². The van der Waals surface area contributed by atoms with Crippen LogP contribution in [0.3, 0.4) is 0 Å². The molecule has 0 bridgehead atoms. The summed E-state index contributed by atoms with van der Waals surface area (Å²) in [7, 11) is 1.95. The minimum Gasteiger partial charge on any atom is -0.492 e. The number of hydrogen-bond donors (Lipinski definition) is 1. The van der Waals surface area contributed by atoms with Gasteiger partial charge in [-0.05, 0) is 45.0 Å². The second kappa shape index (κ2) is 7.22. The molecule has 2 rings (SSSR count). The lowest BCUT2D eigenvalue weighted by Gasteiger charge is -2.18. The fourth-order valence-corrected chi connectivity index (χ4v) is 2.47. The fourth-order valence-electron chi connectivity index (χ4n) is 2.47. The average Bonchev–Trinajstić information content (AvgIpc) is 2.92. The molecule has 114 valence electrons. The number of hydrogen-bond acceptors (Lipinski definition) is 4. The van der Waals surface area contributed by atoms with E-state index in [1.54, 1.807) is 6.20 Å². The number of nitrogens with one attached hydrogen (secondary N) is 1. The predicted molar refractivity (Wildman–Crippen MR) is 83.6 cm³/mol. The molecule has 0 radical (unpaired) electrons. The van der Waals surface area contributed by atoms with Crippen LogP contribution in [0.2, 0.25) is 0 Å². The van der Waals surface area contributed by atoms with Gasteiger partial charge < -0.3 is 10.1 Å². The van der Waals surface area contributed by atoms with E-state index in [2.05, 4.69) is 35.3 Å². The van der Waals surface area contributed by atoms with Crippen molar-refractivity contribution < 1.29 is 4.74 Å². The Morgan fingerprint density at radius 2 is 2.05 bits per heavy atom. The van der Waals surface area contributed by atoms with Crippen molar-refractivity contribution in [2.75, 3.05) is 13.7 Å². The number of rotatable bonds is 7. The minimum absolute atomic E-state index is 0.0608. The molecule has 0 aliphatic rings. The largest absolute Gasteiger partial charge is 0.492 e. The third-order valence-corrected chi connectivity index (χ3v) is 3.49. The zero-order chi connectivity index (χ0) is 15.2. The highest BCUT2D eigenvalue weighted by molar-refractivity contribution is 5.32. The van der Waals surface area contributed by atoms with Crippen molar-refractivity contribution in [3.05, 3.63) is 41.5 Å². The molecular formula is C16H24N4O. The van der Waals surface area contributed by atoms with E-state index < -0.39 is 0 Å². The summed E-state index contributed by atoms with van der Waals surface area (Å²) in [6, 6.07) is 4.26. The van der Waals surface area contributed by atoms with E-state index in [9.17, 15) is 0 Å². The third-order valence-electron chi connectivity index (χ3n) is 3.49. The summed E-state index contributed by atoms with van der Waals surface area (Å²) in [6.45, 7) is 7.70. The normalized spacial score (nSPS) is 12.4. The molecule has 1 atom stereocenters. The molecule has 21 heavy (non-hydrogen) atoms. The van der Waals surface area contributed by atoms with Gasteiger partial charge in [-0.1, -0.05) is 6.92 Å². The monoisotopic (exact) mass is 288 g/mol. The summed E-state index contributed by atoms with van der Waals surface area (Å²) in [4.78, 5) is 4.29. The van der Waals surface area contributed by atoms with Crippen LogP contribution in [0, 0.1) is 0 Å². The summed E-state index contributed by atoms with van der Waals surface area (Å²) < 4.78 is 7.60. The molecule has 0 amide bonds. The van der Waals surface area contributed by atoms with Crippen molar-refractivity contribution in [3.63, 3.8) is 0 Å². The Bertz CT molecular complexity index is 579. The summed E-state index contributed by atoms with van der Waals surface area (Å²) in [5, 5.41) is 7.99. The lowest BCUT2D eigenvalue weighted by molar-refractivity contribution is 0.338. The first-order chi connectivity index (χ1) is 10.2. The van der Waals surface area contributed by atoms with E-state index in [0.29, 0.717) is 6.61 Å². The number of nitrogens with zero attached hydrogens (tertiary/aromatic N) is 3. The van der Waals surface area contributed by atoms with Gasteiger partial charge in [0.05, 0.1) is 30.2 Å². The highest BCUT2D eigenvalue weighted by Gasteiger charge is 2.18. The van der Waals surface area contributed by atoms with Crippen molar-refractivity contribution in [1.82, 2.24) is 20.1 Å². The Labute approximate surface area is 126 Å². The molecule has 2 aromatic rings. The van der Waals surface area contributed by atoms with Crippen LogP contribution in [0.4, 0.5) is 0 Å². The second-order valence-electron chi connectivity index (χ2n) is 4.84. The van der Waals surface area contributed by atoms with E-state index >= 15 is 0 Å². The number of pyridine rings is 1. The number of ether oxygens (including phenoxy) is 1. The molecule has 2 heterocycles. The van der Waals surface area contributed by atoms with Crippen LogP contribution in [0.25, 0.3) is 0 Å². The Morgan fingerprint density at radius 3 is 2.67 bits per heavy atom. The predicted octanol–water partition coefficient (Wildman–Crippen LogP) is 2.57. The highest BCUT2D eigenvalue weighted by atomic mass is 16.5. The molecule has 0 saturated carbocycles. The SMILES string of the molecule is CCOc1cncc(C(NC)c2cc(CC)nn2CC)c1. The van der Waals surface area contributed by atoms with Crippen molar-refractivity contribution in [3.8, 4) is 5.75 Å². The highest BCUT2D eigenvalue weighted by Crippen LogP contribution is 2.25. The van der Waals surface area contributed by atoms with Crippen molar-refractivity contribution in [1.29, 1.82) is 0 Å². The summed E-state index contributed by atoms with van der Waals surface area (Å²) in [5.41, 5.74) is 3.36. The molecule has 0 aromatic carbocycles. The van der Waals surface area contributed by atoms with Crippen LogP contribution in [-0.2, 0) is 13.0 Å². The quantitative estimate of drug-likeness (QED) is 0.851. The van der Waals surface area contributed by atoms with E-state index in [0.717, 1.165) is 35.7 Å². The lowest BCUT2D eigenvalue weighted by Crippen LogP contribution is -2.21. The van der Waals surface area contributed by atoms with Gasteiger partial charge in [0.1, 0.15) is 5.75 Å². The molecular weight excluding hydrogens is 264 g/mol. The van der Waals surface area contributed by atoms with Crippen LogP contribution < -0.4 is 10.1 Å². The molecule has 0 spiro atoms. The van der Waals surface area contributed by atoms with Gasteiger partial charge in [-0.2, -0.15) is 5.10 Å². The molecule has 0 aliphatic heterocycles. The zero-order valence-corrected chi connectivity index (χ0v) is 13.3. The maximum atomic E-state index is 5.55.